The lowest BCUT2D eigenvalue weighted by Gasteiger charge is -2.68. The quantitative estimate of drug-likeness (QED) is 0.181. The van der Waals surface area contributed by atoms with Crippen LogP contribution in [0.2, 0.25) is 0 Å². The molecule has 2 saturated heterocycles. The number of hydrogen-bond acceptors (Lipinski definition) is 15. The second kappa shape index (κ2) is 15.6. The fourth-order valence-corrected chi connectivity index (χ4v) is 10.3. The van der Waals surface area contributed by atoms with E-state index in [-0.39, 0.29) is 24.4 Å². The Bertz CT molecular complexity index is 2040. The molecule has 0 radical (unpaired) electrons. The van der Waals surface area contributed by atoms with Crippen molar-refractivity contribution in [1.29, 1.82) is 0 Å². The van der Waals surface area contributed by atoms with Crippen LogP contribution in [0.3, 0.4) is 0 Å². The number of aliphatic hydroxyl groups excluding tert-OH is 1. The summed E-state index contributed by atoms with van der Waals surface area (Å²) in [5, 5.41) is 27.9. The first-order valence-electron chi connectivity index (χ1n) is 20.3. The molecule has 2 aliphatic heterocycles. The summed E-state index contributed by atoms with van der Waals surface area (Å²) >= 11 is 0. The minimum atomic E-state index is -2.09. The van der Waals surface area contributed by atoms with E-state index in [0.29, 0.717) is 24.0 Å². The van der Waals surface area contributed by atoms with Crippen LogP contribution in [0.15, 0.2) is 72.6 Å². The maximum atomic E-state index is 14.3. The molecule has 5 aliphatic rings. The van der Waals surface area contributed by atoms with E-state index >= 15 is 0 Å². The van der Waals surface area contributed by atoms with Crippen molar-refractivity contribution in [2.75, 3.05) is 6.61 Å². The number of amides is 1. The van der Waals surface area contributed by atoms with Crippen molar-refractivity contribution in [3.05, 3.63) is 84.0 Å². The number of aliphatic hydroxyl groups is 2. The maximum Gasteiger partial charge on any atom is 0.408 e. The topological polar surface area (TPSA) is 211 Å². The molecule has 16 heteroatoms. The van der Waals surface area contributed by atoms with E-state index in [1.54, 1.807) is 71.9 Å². The van der Waals surface area contributed by atoms with Crippen molar-refractivity contribution < 1.29 is 62.5 Å². The first-order valence-corrected chi connectivity index (χ1v) is 20.3. The summed E-state index contributed by atoms with van der Waals surface area (Å²) in [4.78, 5) is 63.0. The van der Waals surface area contributed by atoms with E-state index in [0.717, 1.165) is 0 Å². The van der Waals surface area contributed by atoms with Crippen LogP contribution >= 0.6 is 0 Å². The number of esters is 3. The number of nitrogens with zero attached hydrogens (tertiary/aromatic N) is 2. The number of fused-ring (bicyclic) bond motifs is 8. The van der Waals surface area contributed by atoms with Gasteiger partial charge in [-0.05, 0) is 76.0 Å². The highest BCUT2D eigenvalue weighted by atomic mass is 16.7. The second-order valence-electron chi connectivity index (χ2n) is 18.2. The maximum absolute atomic E-state index is 14.3. The number of carbonyl (C=O) groups is 4. The normalized spacial score (nSPS) is 35.0. The lowest BCUT2D eigenvalue weighted by atomic mass is 9.45. The van der Waals surface area contributed by atoms with Crippen LogP contribution in [0, 0.1) is 16.7 Å². The van der Waals surface area contributed by atoms with Gasteiger partial charge >= 0.3 is 24.0 Å². The molecule has 324 valence electrons. The molecule has 12 atom stereocenters. The van der Waals surface area contributed by atoms with Crippen LogP contribution in [0.25, 0.3) is 0 Å². The summed E-state index contributed by atoms with van der Waals surface area (Å²) in [7, 11) is 0. The Morgan fingerprint density at radius 3 is 2.32 bits per heavy atom. The van der Waals surface area contributed by atoms with Crippen LogP contribution in [0.5, 0.6) is 0 Å². The summed E-state index contributed by atoms with van der Waals surface area (Å²) in [5.74, 6) is -3.57. The summed E-state index contributed by atoms with van der Waals surface area (Å²) < 4.78 is 43.9. The largest absolute Gasteiger partial charge is 0.456 e. The van der Waals surface area contributed by atoms with Crippen LogP contribution < -0.4 is 5.32 Å². The van der Waals surface area contributed by atoms with E-state index in [1.165, 1.54) is 31.5 Å². The molecule has 1 aromatic heterocycles. The van der Waals surface area contributed by atoms with Gasteiger partial charge in [-0.1, -0.05) is 45.5 Å². The summed E-state index contributed by atoms with van der Waals surface area (Å²) in [6.45, 7) is 17.5. The third-order valence-corrected chi connectivity index (χ3v) is 13.1. The number of nitrogens with one attached hydrogen (secondary N) is 1. The van der Waals surface area contributed by atoms with Crippen LogP contribution in [0.4, 0.5) is 4.79 Å². The van der Waals surface area contributed by atoms with Gasteiger partial charge in [-0.25, -0.2) is 24.4 Å². The van der Waals surface area contributed by atoms with Crippen molar-refractivity contribution in [3.63, 3.8) is 0 Å². The molecular formula is C44H55N3O13. The first kappa shape index (κ1) is 43.4. The molecule has 3 N–H and O–H groups in total. The van der Waals surface area contributed by atoms with Crippen molar-refractivity contribution in [1.82, 2.24) is 15.3 Å². The molecule has 60 heavy (non-hydrogen) atoms. The van der Waals surface area contributed by atoms with Crippen LogP contribution in [-0.2, 0) is 42.7 Å². The van der Waals surface area contributed by atoms with Crippen molar-refractivity contribution in [2.45, 2.75) is 140 Å². The first-order chi connectivity index (χ1) is 28.2. The summed E-state index contributed by atoms with van der Waals surface area (Å²) in [6.07, 6.45) is -4.02. The number of alkyl carbamates (subject to hydrolysis) is 1. The number of rotatable bonds is 9. The zero-order chi connectivity index (χ0) is 43.6. The van der Waals surface area contributed by atoms with Gasteiger partial charge in [0.25, 0.3) is 0 Å². The fourth-order valence-electron chi connectivity index (χ4n) is 10.3. The Labute approximate surface area is 349 Å². The van der Waals surface area contributed by atoms with Gasteiger partial charge in [0.1, 0.15) is 41.7 Å². The highest BCUT2D eigenvalue weighted by Crippen LogP contribution is 2.66. The Hall–Kier alpha value is -4.74. The number of hydrogen-bond donors (Lipinski definition) is 3. The third-order valence-electron chi connectivity index (χ3n) is 13.1. The molecule has 2 saturated carbocycles. The van der Waals surface area contributed by atoms with Gasteiger partial charge in [0.2, 0.25) is 0 Å². The molecule has 0 spiro atoms. The van der Waals surface area contributed by atoms with Crippen LogP contribution in [0.1, 0.15) is 96.9 Å². The highest BCUT2D eigenvalue weighted by Gasteiger charge is 2.77. The zero-order valence-corrected chi connectivity index (χ0v) is 35.2. The van der Waals surface area contributed by atoms with E-state index in [1.807, 2.05) is 6.92 Å². The predicted molar refractivity (Wildman–Crippen MR) is 211 cm³/mol. The predicted octanol–water partition coefficient (Wildman–Crippen LogP) is 4.44. The average Bonchev–Trinajstić information content (AvgIpc) is 3.61. The standard InChI is InChI=1S/C44H55N3O13/c1-10-28-56-32-29-23(2)26(55-38(51)31(49)30(36-45-19-14-20-46-36)47-39(52)60-40(4,5)6)21-44(53,41(29,7)8)35(58-37(50)25-15-12-11-13-16-25)33-42(9,34(32)57-28)18-17-27-43(33,22-54-27)59-24(3)48/h10-16,19-20,26-28,30-35,49,53H,1,17-18,21-22H2,2-9H3,(H,47,52)/t26-,27+,28+,30+,31+,32+,33-,34+,35-,42+,43-,44+/m0/s1. The molecule has 16 nitrogen and oxygen atoms in total. The smallest absolute Gasteiger partial charge is 0.408 e. The Morgan fingerprint density at radius 2 is 1.72 bits per heavy atom. The number of ether oxygens (including phenoxy) is 7. The molecule has 2 aromatic rings. The molecule has 3 heterocycles. The third kappa shape index (κ3) is 7.29. The molecule has 1 amide bonds. The van der Waals surface area contributed by atoms with Gasteiger partial charge in [0.15, 0.2) is 23.8 Å². The van der Waals surface area contributed by atoms with Gasteiger partial charge in [-0.15, -0.1) is 0 Å². The van der Waals surface area contributed by atoms with Gasteiger partial charge in [0.05, 0.1) is 24.2 Å². The van der Waals surface area contributed by atoms with Gasteiger partial charge in [-0.2, -0.15) is 0 Å². The SMILES string of the molecule is C=C[C@@H]1O[C@@H]2C3=C(C)[C@@H](OC(=O)[C@H](O)[C@@H](NC(=O)OC(C)(C)C)c4ncccn4)C[C@@](O)([C@@H](OC(=O)c4ccccc4)[C@H]4[C@@](C)(CC[C@H]5OC[C@]54OC(C)=O)[C@@H]2O1)C3(C)C. The molecule has 0 unspecified atom stereocenters. The lowest BCUT2D eigenvalue weighted by Crippen LogP contribution is -2.79. The van der Waals surface area contributed by atoms with E-state index in [2.05, 4.69) is 21.9 Å². The second-order valence-corrected chi connectivity index (χ2v) is 18.2. The Morgan fingerprint density at radius 1 is 1.03 bits per heavy atom. The van der Waals surface area contributed by atoms with Gasteiger partial charge < -0.3 is 48.7 Å². The molecule has 2 bridgehead atoms. The Kier molecular flexibility index (Phi) is 11.3. The van der Waals surface area contributed by atoms with Crippen molar-refractivity contribution in [2.24, 2.45) is 16.7 Å². The van der Waals surface area contributed by atoms with E-state index in [4.69, 9.17) is 33.2 Å². The molecule has 7 rings (SSSR count). The van der Waals surface area contributed by atoms with E-state index in [9.17, 15) is 29.4 Å². The number of aromatic nitrogens is 2. The van der Waals surface area contributed by atoms with Crippen molar-refractivity contribution in [3.8, 4) is 0 Å². The fraction of sp³-hybridized carbons (Fsp3) is 0.591. The highest BCUT2D eigenvalue weighted by molar-refractivity contribution is 5.89. The lowest BCUT2D eigenvalue weighted by molar-refractivity contribution is -0.345. The van der Waals surface area contributed by atoms with Crippen molar-refractivity contribution >= 4 is 24.0 Å². The minimum absolute atomic E-state index is 0.0452. The molecule has 1 aromatic carbocycles. The number of benzene rings is 1. The number of carbonyl (C=O) groups excluding carboxylic acids is 4. The molecule has 4 fully saturated rings. The minimum Gasteiger partial charge on any atom is -0.456 e. The monoisotopic (exact) mass is 833 g/mol. The van der Waals surface area contributed by atoms with Gasteiger partial charge in [-0.3, -0.25) is 4.79 Å². The van der Waals surface area contributed by atoms with E-state index < -0.39 is 107 Å². The molecular weight excluding hydrogens is 778 g/mol. The van der Waals surface area contributed by atoms with Crippen LogP contribution in [-0.4, -0.2) is 111 Å². The summed E-state index contributed by atoms with van der Waals surface area (Å²) in [5.41, 5.74) is -5.43. The zero-order valence-electron chi connectivity index (χ0n) is 35.2. The molecule has 3 aliphatic carbocycles. The average molecular weight is 834 g/mol. The van der Waals surface area contributed by atoms with Gasteiger partial charge in [0, 0.05) is 36.6 Å². The Balaban J connectivity index is 1.37. The summed E-state index contributed by atoms with van der Waals surface area (Å²) in [6, 6.07) is 8.34.